The minimum absolute atomic E-state index is 0.236. The first-order valence-corrected chi connectivity index (χ1v) is 7.70. The molecule has 0 radical (unpaired) electrons. The van der Waals surface area contributed by atoms with Crippen LogP contribution in [0.4, 0.5) is 5.69 Å². The Labute approximate surface area is 151 Å². The number of nitro benzene ring substituents is 1. The molecule has 0 amide bonds. The van der Waals surface area contributed by atoms with E-state index in [1.165, 1.54) is 29.1 Å². The van der Waals surface area contributed by atoms with Gasteiger partial charge in [0.05, 0.1) is 16.2 Å². The molecule has 0 saturated carbocycles. The Hall–Kier alpha value is -3.04. The summed E-state index contributed by atoms with van der Waals surface area (Å²) in [5.41, 5.74) is 0.633. The molecule has 3 aromatic rings. The van der Waals surface area contributed by atoms with Gasteiger partial charge in [0.2, 0.25) is 4.77 Å². The van der Waals surface area contributed by atoms with Crippen LogP contribution in [0, 0.1) is 14.9 Å². The lowest BCUT2D eigenvalue weighted by molar-refractivity contribution is -0.385. The molecule has 0 fully saturated rings. The Morgan fingerprint density at radius 3 is 2.84 bits per heavy atom. The molecule has 3 rings (SSSR count). The fourth-order valence-electron chi connectivity index (χ4n) is 2.11. The number of nitrogens with one attached hydrogen (secondary N) is 1. The van der Waals surface area contributed by atoms with Crippen LogP contribution in [0.2, 0.25) is 5.02 Å². The minimum atomic E-state index is -0.675. The summed E-state index contributed by atoms with van der Waals surface area (Å²) in [7, 11) is 0. The monoisotopic (exact) mass is 375 g/mol. The van der Waals surface area contributed by atoms with Crippen molar-refractivity contribution in [1.82, 2.24) is 14.9 Å². The maximum atomic E-state index is 10.9. The van der Waals surface area contributed by atoms with Gasteiger partial charge in [0, 0.05) is 17.2 Å². The van der Waals surface area contributed by atoms with Crippen LogP contribution in [0.5, 0.6) is 5.75 Å². The molecule has 0 atom stereocenters. The summed E-state index contributed by atoms with van der Waals surface area (Å²) in [6.45, 7) is 0. The Balaban J connectivity index is 2.02. The van der Waals surface area contributed by atoms with E-state index in [9.17, 15) is 15.2 Å². The van der Waals surface area contributed by atoms with Gasteiger partial charge in [-0.3, -0.25) is 10.1 Å². The lowest BCUT2D eigenvalue weighted by atomic mass is 10.2. The highest BCUT2D eigenvalue weighted by molar-refractivity contribution is 7.71. The minimum Gasteiger partial charge on any atom is -0.502 e. The highest BCUT2D eigenvalue weighted by Gasteiger charge is 2.14. The van der Waals surface area contributed by atoms with Crippen molar-refractivity contribution in [2.24, 2.45) is 5.10 Å². The van der Waals surface area contributed by atoms with Gasteiger partial charge in [-0.25, -0.2) is 5.10 Å². The van der Waals surface area contributed by atoms with Gasteiger partial charge in [-0.05, 0) is 36.5 Å². The van der Waals surface area contributed by atoms with Crippen molar-refractivity contribution in [3.63, 3.8) is 0 Å². The quantitative estimate of drug-likeness (QED) is 0.312. The van der Waals surface area contributed by atoms with E-state index >= 15 is 0 Å². The number of aromatic nitrogens is 3. The van der Waals surface area contributed by atoms with E-state index in [2.05, 4.69) is 15.3 Å². The number of aromatic amines is 1. The van der Waals surface area contributed by atoms with Gasteiger partial charge in [-0.15, -0.1) is 0 Å². The van der Waals surface area contributed by atoms with E-state index in [-0.39, 0.29) is 4.77 Å². The molecule has 0 aliphatic rings. The van der Waals surface area contributed by atoms with Gasteiger partial charge < -0.3 is 5.11 Å². The number of aromatic hydroxyl groups is 1. The number of phenols is 1. The van der Waals surface area contributed by atoms with Crippen LogP contribution in [0.1, 0.15) is 5.56 Å². The second-order valence-corrected chi connectivity index (χ2v) is 5.69. The average Bonchev–Trinajstić information content (AvgIpc) is 2.95. The lowest BCUT2D eigenvalue weighted by Crippen LogP contribution is -1.96. The van der Waals surface area contributed by atoms with E-state index in [1.54, 1.807) is 24.3 Å². The summed E-state index contributed by atoms with van der Waals surface area (Å²) in [5, 5.41) is 31.8. The molecule has 126 valence electrons. The first kappa shape index (κ1) is 16.8. The summed E-state index contributed by atoms with van der Waals surface area (Å²) < 4.78 is 1.59. The van der Waals surface area contributed by atoms with Crippen molar-refractivity contribution in [3.8, 4) is 17.1 Å². The Bertz CT molecular complexity index is 1040. The Morgan fingerprint density at radius 2 is 2.12 bits per heavy atom. The summed E-state index contributed by atoms with van der Waals surface area (Å²) in [6.07, 6.45) is 1.37. The van der Waals surface area contributed by atoms with Crippen molar-refractivity contribution in [2.75, 3.05) is 0 Å². The van der Waals surface area contributed by atoms with Crippen LogP contribution < -0.4 is 0 Å². The molecular formula is C15H10ClN5O3S. The molecule has 0 bridgehead atoms. The summed E-state index contributed by atoms with van der Waals surface area (Å²) in [5.74, 6) is -0.0149. The number of hydrogen-bond donors (Lipinski definition) is 2. The van der Waals surface area contributed by atoms with Gasteiger partial charge in [-0.1, -0.05) is 23.7 Å². The number of benzene rings is 2. The fraction of sp³-hybridized carbons (Fsp3) is 0. The van der Waals surface area contributed by atoms with E-state index in [0.29, 0.717) is 22.0 Å². The van der Waals surface area contributed by atoms with Crippen molar-refractivity contribution < 1.29 is 10.0 Å². The fourth-order valence-corrected chi connectivity index (χ4v) is 2.51. The second kappa shape index (κ2) is 6.83. The van der Waals surface area contributed by atoms with E-state index in [4.69, 9.17) is 23.8 Å². The zero-order valence-electron chi connectivity index (χ0n) is 12.5. The molecule has 0 aliphatic heterocycles. The zero-order valence-corrected chi connectivity index (χ0v) is 14.0. The SMILES string of the molecule is O=[N+]([O-])c1cc(/C=N\n2c(-c3ccccc3Cl)n[nH]c2=S)ccc1O. The molecule has 0 aliphatic carbocycles. The molecule has 25 heavy (non-hydrogen) atoms. The Kier molecular flexibility index (Phi) is 4.59. The number of hydrogen-bond acceptors (Lipinski definition) is 6. The highest BCUT2D eigenvalue weighted by atomic mass is 35.5. The maximum absolute atomic E-state index is 10.9. The molecule has 1 aromatic heterocycles. The molecule has 0 saturated heterocycles. The molecule has 1 heterocycles. The van der Waals surface area contributed by atoms with Crippen molar-refractivity contribution in [1.29, 1.82) is 0 Å². The van der Waals surface area contributed by atoms with E-state index < -0.39 is 16.4 Å². The first-order chi connectivity index (χ1) is 12.0. The number of H-pyrrole nitrogens is 1. The smallest absolute Gasteiger partial charge is 0.311 e. The third-order valence-corrected chi connectivity index (χ3v) is 3.88. The molecule has 0 spiro atoms. The predicted octanol–water partition coefficient (Wildman–Crippen LogP) is 3.76. The topological polar surface area (TPSA) is 109 Å². The van der Waals surface area contributed by atoms with Crippen LogP contribution in [-0.2, 0) is 0 Å². The van der Waals surface area contributed by atoms with E-state index in [1.807, 2.05) is 0 Å². The first-order valence-electron chi connectivity index (χ1n) is 6.91. The molecule has 8 nitrogen and oxygen atoms in total. The predicted molar refractivity (Wildman–Crippen MR) is 95.6 cm³/mol. The molecule has 2 N–H and O–H groups in total. The summed E-state index contributed by atoms with van der Waals surface area (Å²) in [4.78, 5) is 10.2. The third-order valence-electron chi connectivity index (χ3n) is 3.28. The lowest BCUT2D eigenvalue weighted by Gasteiger charge is -2.03. The third kappa shape index (κ3) is 3.42. The van der Waals surface area contributed by atoms with Crippen LogP contribution in [0.3, 0.4) is 0 Å². The number of nitro groups is 1. The van der Waals surface area contributed by atoms with Gasteiger partial charge in [0.15, 0.2) is 11.6 Å². The standard InChI is InChI=1S/C15H10ClN5O3S/c16-11-4-2-1-3-10(11)14-18-19-15(25)20(14)17-8-9-5-6-13(22)12(7-9)21(23)24/h1-8,22H,(H,19,25)/b17-8-. The zero-order chi connectivity index (χ0) is 18.0. The maximum Gasteiger partial charge on any atom is 0.311 e. The van der Waals surface area contributed by atoms with Gasteiger partial charge in [-0.2, -0.15) is 14.9 Å². The normalized spacial score (nSPS) is 11.1. The number of nitrogens with zero attached hydrogens (tertiary/aromatic N) is 4. The van der Waals surface area contributed by atoms with Crippen LogP contribution in [-0.4, -0.2) is 31.1 Å². The van der Waals surface area contributed by atoms with Crippen LogP contribution in [0.15, 0.2) is 47.6 Å². The van der Waals surface area contributed by atoms with E-state index in [0.717, 1.165) is 0 Å². The highest BCUT2D eigenvalue weighted by Crippen LogP contribution is 2.27. The van der Waals surface area contributed by atoms with Gasteiger partial charge in [0.25, 0.3) is 0 Å². The largest absolute Gasteiger partial charge is 0.502 e. The van der Waals surface area contributed by atoms with Crippen LogP contribution >= 0.6 is 23.8 Å². The number of halogens is 1. The van der Waals surface area contributed by atoms with Crippen molar-refractivity contribution >= 4 is 35.7 Å². The van der Waals surface area contributed by atoms with Crippen molar-refractivity contribution in [3.05, 3.63) is 67.9 Å². The van der Waals surface area contributed by atoms with Gasteiger partial charge in [0.1, 0.15) is 0 Å². The average molecular weight is 376 g/mol. The molecule has 2 aromatic carbocycles. The summed E-state index contributed by atoms with van der Waals surface area (Å²) >= 11 is 11.3. The molecule has 0 unspecified atom stereocenters. The summed E-state index contributed by atoms with van der Waals surface area (Å²) in [6, 6.07) is 11.0. The molecule has 10 heteroatoms. The number of rotatable bonds is 4. The van der Waals surface area contributed by atoms with Crippen LogP contribution in [0.25, 0.3) is 11.4 Å². The van der Waals surface area contributed by atoms with Gasteiger partial charge >= 0.3 is 5.69 Å². The number of phenolic OH excluding ortho intramolecular Hbond substituents is 1. The second-order valence-electron chi connectivity index (χ2n) is 4.89. The van der Waals surface area contributed by atoms with Crippen molar-refractivity contribution in [2.45, 2.75) is 0 Å². The molecular weight excluding hydrogens is 366 g/mol. The Morgan fingerprint density at radius 1 is 1.36 bits per heavy atom.